The second kappa shape index (κ2) is 6.17. The highest BCUT2D eigenvalue weighted by Crippen LogP contribution is 2.32. The third-order valence-electron chi connectivity index (χ3n) is 4.61. The van der Waals surface area contributed by atoms with Crippen molar-refractivity contribution in [2.75, 3.05) is 0 Å². The average molecular weight is 308 g/mol. The van der Waals surface area contributed by atoms with Crippen molar-refractivity contribution >= 4 is 5.78 Å². The molecule has 0 aromatic heterocycles. The quantitative estimate of drug-likeness (QED) is 0.837. The van der Waals surface area contributed by atoms with Gasteiger partial charge in [-0.2, -0.15) is 0 Å². The predicted octanol–water partition coefficient (Wildman–Crippen LogP) is 3.50. The van der Waals surface area contributed by atoms with E-state index < -0.39 is 5.54 Å². The molecule has 3 N–H and O–H groups in total. The van der Waals surface area contributed by atoms with Crippen molar-refractivity contribution in [3.63, 3.8) is 0 Å². The summed E-state index contributed by atoms with van der Waals surface area (Å²) in [7, 11) is 0. The molecule has 2 aliphatic rings. The van der Waals surface area contributed by atoms with Crippen LogP contribution < -0.4 is 11.1 Å². The van der Waals surface area contributed by atoms with Crippen LogP contribution in [0.1, 0.15) is 43.5 Å². The van der Waals surface area contributed by atoms with Crippen LogP contribution >= 0.6 is 0 Å². The lowest BCUT2D eigenvalue weighted by atomic mass is 9.83. The van der Waals surface area contributed by atoms with Gasteiger partial charge >= 0.3 is 0 Å². The Bertz CT molecular complexity index is 696. The Morgan fingerprint density at radius 3 is 2.74 bits per heavy atom. The van der Waals surface area contributed by atoms with Gasteiger partial charge in [0, 0.05) is 17.3 Å². The van der Waals surface area contributed by atoms with Gasteiger partial charge in [-0.25, -0.2) is 0 Å². The topological polar surface area (TPSA) is 55.1 Å². The van der Waals surface area contributed by atoms with E-state index in [4.69, 9.17) is 5.73 Å². The average Bonchev–Trinajstić information content (AvgIpc) is 2.55. The SMILES string of the molecule is CC(C)(NC1CC=CC2=C1C(N)=CCC2)C(=O)c1ccccc1. The van der Waals surface area contributed by atoms with E-state index >= 15 is 0 Å². The van der Waals surface area contributed by atoms with Crippen molar-refractivity contribution in [1.82, 2.24) is 5.32 Å². The van der Waals surface area contributed by atoms with E-state index in [9.17, 15) is 4.79 Å². The van der Waals surface area contributed by atoms with Gasteiger partial charge in [0.2, 0.25) is 0 Å². The summed E-state index contributed by atoms with van der Waals surface area (Å²) in [5.74, 6) is 0.105. The highest BCUT2D eigenvalue weighted by molar-refractivity contribution is 6.02. The maximum Gasteiger partial charge on any atom is 0.182 e. The highest BCUT2D eigenvalue weighted by atomic mass is 16.1. The number of hydrogen-bond donors (Lipinski definition) is 2. The monoisotopic (exact) mass is 308 g/mol. The van der Waals surface area contributed by atoms with Gasteiger partial charge in [-0.3, -0.25) is 10.1 Å². The van der Waals surface area contributed by atoms with Crippen molar-refractivity contribution in [2.45, 2.75) is 44.7 Å². The van der Waals surface area contributed by atoms with Crippen molar-refractivity contribution < 1.29 is 4.79 Å². The first-order chi connectivity index (χ1) is 11.0. The van der Waals surface area contributed by atoms with Gasteiger partial charge in [0.05, 0.1) is 5.54 Å². The minimum atomic E-state index is -0.646. The molecule has 0 aliphatic heterocycles. The Hall–Kier alpha value is -2.13. The molecule has 3 rings (SSSR count). The molecule has 0 bridgehead atoms. The van der Waals surface area contributed by atoms with Crippen molar-refractivity contribution in [3.8, 4) is 0 Å². The zero-order valence-electron chi connectivity index (χ0n) is 13.8. The second-order valence-corrected chi connectivity index (χ2v) is 6.79. The molecule has 1 unspecified atom stereocenters. The number of allylic oxidation sites excluding steroid dienone is 3. The maximum absolute atomic E-state index is 12.8. The summed E-state index contributed by atoms with van der Waals surface area (Å²) >= 11 is 0. The fourth-order valence-corrected chi connectivity index (χ4v) is 3.46. The first kappa shape index (κ1) is 15.8. The number of carbonyl (C=O) groups is 1. The fourth-order valence-electron chi connectivity index (χ4n) is 3.46. The number of benzene rings is 1. The Balaban J connectivity index is 1.83. The number of carbonyl (C=O) groups excluding carboxylic acids is 1. The molecule has 0 heterocycles. The van der Waals surface area contributed by atoms with Crippen molar-refractivity contribution in [2.24, 2.45) is 5.73 Å². The van der Waals surface area contributed by atoms with E-state index in [0.29, 0.717) is 0 Å². The third-order valence-corrected chi connectivity index (χ3v) is 4.61. The summed E-state index contributed by atoms with van der Waals surface area (Å²) in [6.45, 7) is 3.90. The smallest absolute Gasteiger partial charge is 0.182 e. The van der Waals surface area contributed by atoms with Crippen LogP contribution in [-0.4, -0.2) is 17.4 Å². The molecule has 1 aromatic carbocycles. The summed E-state index contributed by atoms with van der Waals surface area (Å²) < 4.78 is 0. The largest absolute Gasteiger partial charge is 0.399 e. The highest BCUT2D eigenvalue weighted by Gasteiger charge is 2.34. The molecule has 0 saturated heterocycles. The van der Waals surface area contributed by atoms with Crippen LogP contribution in [0, 0.1) is 0 Å². The molecule has 0 amide bonds. The Kier molecular flexibility index (Phi) is 4.22. The Morgan fingerprint density at radius 1 is 1.26 bits per heavy atom. The van der Waals surface area contributed by atoms with E-state index in [-0.39, 0.29) is 11.8 Å². The number of hydrogen-bond acceptors (Lipinski definition) is 3. The van der Waals surface area contributed by atoms with Gasteiger partial charge in [-0.15, -0.1) is 0 Å². The minimum Gasteiger partial charge on any atom is -0.399 e. The normalized spacial score (nSPS) is 21.0. The van der Waals surface area contributed by atoms with Crippen LogP contribution in [0.5, 0.6) is 0 Å². The Labute approximate surface area is 138 Å². The van der Waals surface area contributed by atoms with Gasteiger partial charge in [-0.05, 0) is 44.3 Å². The number of ketones is 1. The zero-order chi connectivity index (χ0) is 16.4. The lowest BCUT2D eigenvalue weighted by molar-refractivity contribution is 0.0874. The van der Waals surface area contributed by atoms with Crippen LogP contribution in [0.25, 0.3) is 0 Å². The number of nitrogens with two attached hydrogens (primary N) is 1. The molecule has 1 atom stereocenters. The second-order valence-electron chi connectivity index (χ2n) is 6.79. The Morgan fingerprint density at radius 2 is 2.00 bits per heavy atom. The molecule has 1 aromatic rings. The minimum absolute atomic E-state index is 0.0919. The molecule has 2 aliphatic carbocycles. The fraction of sp³-hybridized carbons (Fsp3) is 0.350. The number of Topliss-reactive ketones (excluding diaryl/α,β-unsaturated/α-hetero) is 1. The molecule has 0 fully saturated rings. The van der Waals surface area contributed by atoms with Gasteiger partial charge < -0.3 is 5.73 Å². The summed E-state index contributed by atoms with van der Waals surface area (Å²) in [4.78, 5) is 12.8. The van der Waals surface area contributed by atoms with Gasteiger partial charge in [0.15, 0.2) is 5.78 Å². The molecule has 0 radical (unpaired) electrons. The van der Waals surface area contributed by atoms with E-state index in [1.165, 1.54) is 11.1 Å². The van der Waals surface area contributed by atoms with Gasteiger partial charge in [0.1, 0.15) is 0 Å². The molecular formula is C20H24N2O. The standard InChI is InChI=1S/C20H24N2O/c1-20(2,19(23)15-8-4-3-5-9-15)22-17-13-7-11-14-10-6-12-16(21)18(14)17/h3-5,7-9,11-12,17,22H,6,10,13,21H2,1-2H3. The van der Waals surface area contributed by atoms with Crippen molar-refractivity contribution in [1.29, 1.82) is 0 Å². The molecule has 23 heavy (non-hydrogen) atoms. The molecule has 3 nitrogen and oxygen atoms in total. The number of rotatable bonds is 4. The number of nitrogens with one attached hydrogen (secondary N) is 1. The molecule has 0 saturated carbocycles. The van der Waals surface area contributed by atoms with Crippen molar-refractivity contribution in [3.05, 3.63) is 71.0 Å². The van der Waals surface area contributed by atoms with E-state index in [1.807, 2.05) is 44.2 Å². The summed E-state index contributed by atoms with van der Waals surface area (Å²) in [6, 6.07) is 9.55. The first-order valence-corrected chi connectivity index (χ1v) is 8.22. The van der Waals surface area contributed by atoms with Crippen LogP contribution in [0.2, 0.25) is 0 Å². The van der Waals surface area contributed by atoms with Gasteiger partial charge in [0.25, 0.3) is 0 Å². The van der Waals surface area contributed by atoms with Crippen LogP contribution in [0.4, 0.5) is 0 Å². The first-order valence-electron chi connectivity index (χ1n) is 8.22. The predicted molar refractivity (Wildman–Crippen MR) is 94.1 cm³/mol. The van der Waals surface area contributed by atoms with Crippen LogP contribution in [0.15, 0.2) is 65.4 Å². The summed E-state index contributed by atoms with van der Waals surface area (Å²) in [6.07, 6.45) is 9.33. The zero-order valence-corrected chi connectivity index (χ0v) is 13.8. The lowest BCUT2D eigenvalue weighted by Crippen LogP contribution is -2.53. The van der Waals surface area contributed by atoms with Crippen LogP contribution in [0.3, 0.4) is 0 Å². The van der Waals surface area contributed by atoms with E-state index in [0.717, 1.165) is 30.5 Å². The summed E-state index contributed by atoms with van der Waals surface area (Å²) in [5, 5.41) is 3.54. The molecular weight excluding hydrogens is 284 g/mol. The third kappa shape index (κ3) is 3.15. The maximum atomic E-state index is 12.8. The van der Waals surface area contributed by atoms with E-state index in [2.05, 4.69) is 23.5 Å². The molecule has 120 valence electrons. The van der Waals surface area contributed by atoms with Crippen LogP contribution in [-0.2, 0) is 0 Å². The van der Waals surface area contributed by atoms with Gasteiger partial charge in [-0.1, -0.05) is 48.6 Å². The molecule has 3 heteroatoms. The molecule has 0 spiro atoms. The van der Waals surface area contributed by atoms with E-state index in [1.54, 1.807) is 0 Å². The summed E-state index contributed by atoms with van der Waals surface area (Å²) in [5.41, 5.74) is 9.65. The lowest BCUT2D eigenvalue weighted by Gasteiger charge is -2.35.